The largest absolute Gasteiger partial charge is 0.330 e. The van der Waals surface area contributed by atoms with Gasteiger partial charge in [0.1, 0.15) is 5.82 Å². The highest BCUT2D eigenvalue weighted by molar-refractivity contribution is 9.10. The van der Waals surface area contributed by atoms with Gasteiger partial charge in [-0.25, -0.2) is 12.8 Å². The summed E-state index contributed by atoms with van der Waals surface area (Å²) >= 11 is 3.38. The van der Waals surface area contributed by atoms with Crippen LogP contribution in [0.3, 0.4) is 0 Å². The molecule has 1 unspecified atom stereocenters. The molecule has 0 N–H and O–H groups in total. The Kier molecular flexibility index (Phi) is 5.24. The van der Waals surface area contributed by atoms with Gasteiger partial charge in [0.05, 0.1) is 17.1 Å². The van der Waals surface area contributed by atoms with Crippen LogP contribution in [0.5, 0.6) is 0 Å². The van der Waals surface area contributed by atoms with Gasteiger partial charge in [-0.1, -0.05) is 24.3 Å². The number of carbonyl (C=O) groups excluding carboxylic acids is 1. The van der Waals surface area contributed by atoms with Gasteiger partial charge in [0, 0.05) is 17.1 Å². The van der Waals surface area contributed by atoms with E-state index in [0.29, 0.717) is 16.5 Å². The van der Waals surface area contributed by atoms with Crippen molar-refractivity contribution in [2.24, 2.45) is 0 Å². The molecule has 132 valence electrons. The van der Waals surface area contributed by atoms with Gasteiger partial charge in [-0.2, -0.15) is 0 Å². The molecular weight excluding hydrogens is 409 g/mol. The SMILES string of the molecule is O=C(c1ccccc1Br)N(Cc1ccc(F)cc1)C1CCS(=O)(=O)C1. The van der Waals surface area contributed by atoms with Crippen molar-refractivity contribution >= 4 is 31.7 Å². The van der Waals surface area contributed by atoms with Crippen LogP contribution in [0.4, 0.5) is 4.39 Å². The first-order chi connectivity index (χ1) is 11.9. The molecule has 0 aliphatic carbocycles. The number of benzene rings is 2. The highest BCUT2D eigenvalue weighted by Crippen LogP contribution is 2.25. The molecule has 4 nitrogen and oxygen atoms in total. The zero-order valence-electron chi connectivity index (χ0n) is 13.4. The maximum Gasteiger partial charge on any atom is 0.255 e. The van der Waals surface area contributed by atoms with E-state index in [1.54, 1.807) is 35.2 Å². The second-order valence-electron chi connectivity index (χ2n) is 6.10. The van der Waals surface area contributed by atoms with Crippen molar-refractivity contribution in [2.45, 2.75) is 19.0 Å². The lowest BCUT2D eigenvalue weighted by atomic mass is 10.1. The average molecular weight is 426 g/mol. The van der Waals surface area contributed by atoms with E-state index in [1.807, 2.05) is 6.07 Å². The highest BCUT2D eigenvalue weighted by Gasteiger charge is 2.35. The number of hydrogen-bond donors (Lipinski definition) is 0. The molecule has 3 rings (SSSR count). The number of halogens is 2. The smallest absolute Gasteiger partial charge is 0.255 e. The fraction of sp³-hybridized carbons (Fsp3) is 0.278. The van der Waals surface area contributed by atoms with Crippen molar-refractivity contribution in [1.82, 2.24) is 4.90 Å². The van der Waals surface area contributed by atoms with Gasteiger partial charge >= 0.3 is 0 Å². The molecule has 0 bridgehead atoms. The van der Waals surface area contributed by atoms with E-state index in [2.05, 4.69) is 15.9 Å². The van der Waals surface area contributed by atoms with Gasteiger partial charge in [-0.05, 0) is 52.2 Å². The Morgan fingerprint density at radius 3 is 2.44 bits per heavy atom. The normalized spacial score (nSPS) is 18.9. The molecule has 1 aliphatic rings. The molecule has 7 heteroatoms. The van der Waals surface area contributed by atoms with Crippen molar-refractivity contribution in [3.63, 3.8) is 0 Å². The third kappa shape index (κ3) is 4.27. The summed E-state index contributed by atoms with van der Waals surface area (Å²) in [4.78, 5) is 14.6. The Bertz CT molecular complexity index is 883. The van der Waals surface area contributed by atoms with Gasteiger partial charge in [0.2, 0.25) is 0 Å². The third-order valence-electron chi connectivity index (χ3n) is 4.28. The monoisotopic (exact) mass is 425 g/mol. The van der Waals surface area contributed by atoms with Gasteiger partial charge in [-0.3, -0.25) is 4.79 Å². The molecule has 2 aromatic carbocycles. The van der Waals surface area contributed by atoms with Crippen LogP contribution in [0.1, 0.15) is 22.3 Å². The van der Waals surface area contributed by atoms with Crippen molar-refractivity contribution < 1.29 is 17.6 Å². The zero-order chi connectivity index (χ0) is 18.0. The number of rotatable bonds is 4. The molecule has 2 aromatic rings. The summed E-state index contributed by atoms with van der Waals surface area (Å²) in [6, 6.07) is 12.6. The summed E-state index contributed by atoms with van der Waals surface area (Å²) in [5.74, 6) is -0.541. The highest BCUT2D eigenvalue weighted by atomic mass is 79.9. The predicted octanol–water partition coefficient (Wildman–Crippen LogP) is 3.42. The summed E-state index contributed by atoms with van der Waals surface area (Å²) in [6.07, 6.45) is 0.416. The molecule has 1 fully saturated rings. The summed E-state index contributed by atoms with van der Waals surface area (Å²) in [5.41, 5.74) is 1.24. The molecule has 0 saturated carbocycles. The van der Waals surface area contributed by atoms with E-state index in [1.165, 1.54) is 12.1 Å². The Labute approximate surface area is 154 Å². The Hall–Kier alpha value is -1.73. The first-order valence-corrected chi connectivity index (χ1v) is 10.5. The first-order valence-electron chi connectivity index (χ1n) is 7.86. The van der Waals surface area contributed by atoms with E-state index in [0.717, 1.165) is 5.56 Å². The van der Waals surface area contributed by atoms with Crippen molar-refractivity contribution in [2.75, 3.05) is 11.5 Å². The van der Waals surface area contributed by atoms with Gasteiger partial charge in [0.25, 0.3) is 5.91 Å². The number of nitrogens with zero attached hydrogens (tertiary/aromatic N) is 1. The molecule has 1 saturated heterocycles. The van der Waals surface area contributed by atoms with Crippen LogP contribution in [-0.4, -0.2) is 36.8 Å². The van der Waals surface area contributed by atoms with E-state index < -0.39 is 9.84 Å². The minimum absolute atomic E-state index is 0.0373. The lowest BCUT2D eigenvalue weighted by Gasteiger charge is -2.29. The van der Waals surface area contributed by atoms with Gasteiger partial charge in [-0.15, -0.1) is 0 Å². The maximum atomic E-state index is 13.1. The predicted molar refractivity (Wildman–Crippen MR) is 97.5 cm³/mol. The summed E-state index contributed by atoms with van der Waals surface area (Å²) in [7, 11) is -3.13. The minimum atomic E-state index is -3.13. The van der Waals surface area contributed by atoms with Crippen LogP contribution in [0.2, 0.25) is 0 Å². The van der Waals surface area contributed by atoms with Crippen LogP contribution in [0.25, 0.3) is 0 Å². The summed E-state index contributed by atoms with van der Waals surface area (Å²) in [6.45, 7) is 0.237. The van der Waals surface area contributed by atoms with Gasteiger partial charge < -0.3 is 4.90 Å². The van der Waals surface area contributed by atoms with Crippen molar-refractivity contribution in [1.29, 1.82) is 0 Å². The van der Waals surface area contributed by atoms with Crippen LogP contribution >= 0.6 is 15.9 Å². The number of sulfone groups is 1. The first kappa shape index (κ1) is 18.1. The molecule has 1 atom stereocenters. The molecule has 1 heterocycles. The van der Waals surface area contributed by atoms with E-state index in [-0.39, 0.29) is 35.8 Å². The minimum Gasteiger partial charge on any atom is -0.330 e. The van der Waals surface area contributed by atoms with Gasteiger partial charge in [0.15, 0.2) is 9.84 Å². The van der Waals surface area contributed by atoms with Crippen molar-refractivity contribution in [3.8, 4) is 0 Å². The van der Waals surface area contributed by atoms with Crippen LogP contribution < -0.4 is 0 Å². The molecule has 25 heavy (non-hydrogen) atoms. The third-order valence-corrected chi connectivity index (χ3v) is 6.72. The van der Waals surface area contributed by atoms with E-state index in [4.69, 9.17) is 0 Å². The van der Waals surface area contributed by atoms with Crippen molar-refractivity contribution in [3.05, 3.63) is 69.9 Å². The van der Waals surface area contributed by atoms with Crippen LogP contribution in [0, 0.1) is 5.82 Å². The van der Waals surface area contributed by atoms with Crippen LogP contribution in [-0.2, 0) is 16.4 Å². The molecule has 1 amide bonds. The molecule has 0 spiro atoms. The molecule has 0 radical (unpaired) electrons. The van der Waals surface area contributed by atoms with E-state index >= 15 is 0 Å². The summed E-state index contributed by atoms with van der Waals surface area (Å²) < 4.78 is 37.5. The Morgan fingerprint density at radius 2 is 1.84 bits per heavy atom. The standard InChI is InChI=1S/C18H17BrFNO3S/c19-17-4-2-1-3-16(17)18(22)21(15-9-10-25(23,24)12-15)11-13-5-7-14(20)8-6-13/h1-8,15H,9-12H2. The maximum absolute atomic E-state index is 13.1. The summed E-state index contributed by atoms with van der Waals surface area (Å²) in [5, 5.41) is 0. The molecule has 1 aliphatic heterocycles. The quantitative estimate of drug-likeness (QED) is 0.753. The van der Waals surface area contributed by atoms with E-state index in [9.17, 15) is 17.6 Å². The second kappa shape index (κ2) is 7.25. The molecular formula is C18H17BrFNO3S. The van der Waals surface area contributed by atoms with Crippen LogP contribution in [0.15, 0.2) is 53.0 Å². The topological polar surface area (TPSA) is 54.5 Å². The zero-order valence-corrected chi connectivity index (χ0v) is 15.8. The lowest BCUT2D eigenvalue weighted by molar-refractivity contribution is 0.0680. The fourth-order valence-corrected chi connectivity index (χ4v) is 5.15. The molecule has 0 aromatic heterocycles. The average Bonchev–Trinajstić information content (AvgIpc) is 2.94. The Balaban J connectivity index is 1.92. The number of hydrogen-bond acceptors (Lipinski definition) is 3. The lowest BCUT2D eigenvalue weighted by Crippen LogP contribution is -2.40. The Morgan fingerprint density at radius 1 is 1.16 bits per heavy atom. The fourth-order valence-electron chi connectivity index (χ4n) is 2.96. The number of amides is 1. The number of carbonyl (C=O) groups is 1. The second-order valence-corrected chi connectivity index (χ2v) is 9.18.